The molecule has 2 aromatic heterocycles. The number of hydrogen-bond acceptors (Lipinski definition) is 6. The topological polar surface area (TPSA) is 127 Å². The zero-order valence-corrected chi connectivity index (χ0v) is 18.2. The molecule has 32 heavy (non-hydrogen) atoms. The third-order valence-corrected chi connectivity index (χ3v) is 6.21. The maximum Gasteiger partial charge on any atom is 0.282 e. The number of hydrogen-bond donors (Lipinski definition) is 2. The monoisotopic (exact) mass is 469 g/mol. The van der Waals surface area contributed by atoms with E-state index in [0.29, 0.717) is 21.8 Å². The molecule has 2 heterocycles. The van der Waals surface area contributed by atoms with Crippen LogP contribution in [0.3, 0.4) is 0 Å². The van der Waals surface area contributed by atoms with Gasteiger partial charge in [-0.25, -0.2) is 23.1 Å². The molecule has 0 aliphatic carbocycles. The summed E-state index contributed by atoms with van der Waals surface area (Å²) in [5.41, 5.74) is 0.925. The van der Waals surface area contributed by atoms with Gasteiger partial charge in [-0.3, -0.25) is 14.7 Å². The van der Waals surface area contributed by atoms with Crippen molar-refractivity contribution in [2.24, 2.45) is 0 Å². The molecule has 0 saturated heterocycles. The third-order valence-electron chi connectivity index (χ3n) is 4.61. The van der Waals surface area contributed by atoms with Gasteiger partial charge in [0, 0.05) is 28.7 Å². The number of aryl methyl sites for hydroxylation is 1. The lowest BCUT2D eigenvalue weighted by Gasteiger charge is -2.07. The number of rotatable bonds is 5. The van der Waals surface area contributed by atoms with Crippen LogP contribution in [0.4, 0.5) is 5.95 Å². The highest BCUT2D eigenvalue weighted by atomic mass is 35.5. The average molecular weight is 470 g/mol. The second-order valence-corrected chi connectivity index (χ2v) is 8.89. The number of nitrogens with one attached hydrogen (secondary N) is 2. The van der Waals surface area contributed by atoms with E-state index < -0.39 is 21.5 Å². The van der Waals surface area contributed by atoms with E-state index in [2.05, 4.69) is 19.8 Å². The van der Waals surface area contributed by atoms with Gasteiger partial charge in [0.25, 0.3) is 21.5 Å². The first-order chi connectivity index (χ1) is 15.3. The summed E-state index contributed by atoms with van der Waals surface area (Å²) in [5.74, 6) is -0.589. The quantitative estimate of drug-likeness (QED) is 0.462. The van der Waals surface area contributed by atoms with Crippen molar-refractivity contribution in [3.05, 3.63) is 93.6 Å². The Kier molecular flexibility index (Phi) is 5.64. The van der Waals surface area contributed by atoms with Crippen LogP contribution in [0.2, 0.25) is 5.02 Å². The first-order valence-electron chi connectivity index (χ1n) is 9.28. The van der Waals surface area contributed by atoms with Gasteiger partial charge in [0.15, 0.2) is 0 Å². The van der Waals surface area contributed by atoms with Crippen LogP contribution in [-0.2, 0) is 10.0 Å². The molecule has 0 fully saturated rings. The highest BCUT2D eigenvalue weighted by Gasteiger charge is 2.20. The maximum atomic E-state index is 12.9. The summed E-state index contributed by atoms with van der Waals surface area (Å²) in [7, 11) is -3.91. The molecule has 11 heteroatoms. The van der Waals surface area contributed by atoms with E-state index >= 15 is 0 Å². The summed E-state index contributed by atoms with van der Waals surface area (Å²) in [4.78, 5) is 33.3. The van der Waals surface area contributed by atoms with E-state index in [1.165, 1.54) is 48.8 Å². The Labute approximate surface area is 187 Å². The maximum absolute atomic E-state index is 12.9. The number of aromatic amines is 1. The van der Waals surface area contributed by atoms with Crippen LogP contribution in [0, 0.1) is 6.92 Å². The van der Waals surface area contributed by atoms with Gasteiger partial charge in [0.05, 0.1) is 10.5 Å². The first-order valence-corrected chi connectivity index (χ1v) is 11.1. The fourth-order valence-electron chi connectivity index (χ4n) is 3.08. The molecule has 162 valence electrons. The van der Waals surface area contributed by atoms with Gasteiger partial charge < -0.3 is 0 Å². The van der Waals surface area contributed by atoms with E-state index in [4.69, 9.17) is 11.6 Å². The number of nitrogens with zero attached hydrogens (tertiary/aromatic N) is 3. The zero-order chi connectivity index (χ0) is 22.9. The van der Waals surface area contributed by atoms with Crippen LogP contribution in [0.1, 0.15) is 16.1 Å². The van der Waals surface area contributed by atoms with Crippen molar-refractivity contribution in [3.63, 3.8) is 0 Å². The molecule has 0 radical (unpaired) electrons. The summed E-state index contributed by atoms with van der Waals surface area (Å²) < 4.78 is 28.3. The van der Waals surface area contributed by atoms with Crippen molar-refractivity contribution in [1.82, 2.24) is 19.7 Å². The van der Waals surface area contributed by atoms with Crippen molar-refractivity contribution in [1.29, 1.82) is 0 Å². The standard InChI is InChI=1S/C21H16ClN5O4S/c1-13-18(20(29)27(25-13)19(28)15-3-7-16(22)8-4-15)14-5-9-17(10-6-14)32(30,31)26-21-23-11-2-12-24-21/h2-12,25H,1H3,(H,23,24,26). The van der Waals surface area contributed by atoms with Crippen LogP contribution >= 0.6 is 11.6 Å². The van der Waals surface area contributed by atoms with Crippen LogP contribution < -0.4 is 10.3 Å². The smallest absolute Gasteiger partial charge is 0.282 e. The summed E-state index contributed by atoms with van der Waals surface area (Å²) >= 11 is 5.85. The van der Waals surface area contributed by atoms with Gasteiger partial charge in [0.1, 0.15) is 0 Å². The van der Waals surface area contributed by atoms with E-state index in [1.54, 1.807) is 25.1 Å². The summed E-state index contributed by atoms with van der Waals surface area (Å²) in [6.45, 7) is 1.65. The number of halogens is 1. The lowest BCUT2D eigenvalue weighted by molar-refractivity contribution is 0.0941. The molecule has 0 aliphatic heterocycles. The Morgan fingerprint density at radius 1 is 1.03 bits per heavy atom. The van der Waals surface area contributed by atoms with Gasteiger partial charge in [0.2, 0.25) is 5.95 Å². The minimum Gasteiger partial charge on any atom is -0.292 e. The summed E-state index contributed by atoms with van der Waals surface area (Å²) in [6.07, 6.45) is 2.83. The van der Waals surface area contributed by atoms with Gasteiger partial charge >= 0.3 is 0 Å². The van der Waals surface area contributed by atoms with Crippen molar-refractivity contribution in [3.8, 4) is 11.1 Å². The molecular formula is C21H16ClN5O4S. The number of sulfonamides is 1. The van der Waals surface area contributed by atoms with Crippen LogP contribution in [0.5, 0.6) is 0 Å². The normalized spacial score (nSPS) is 11.3. The third kappa shape index (κ3) is 4.18. The van der Waals surface area contributed by atoms with Gasteiger partial charge in [-0.1, -0.05) is 23.7 Å². The van der Waals surface area contributed by atoms with Gasteiger partial charge in [-0.2, -0.15) is 4.68 Å². The number of carbonyl (C=O) groups is 1. The molecule has 4 aromatic rings. The Morgan fingerprint density at radius 2 is 1.66 bits per heavy atom. The molecule has 0 atom stereocenters. The second-order valence-electron chi connectivity index (χ2n) is 6.77. The fraction of sp³-hybridized carbons (Fsp3) is 0.0476. The molecule has 0 amide bonds. The van der Waals surface area contributed by atoms with E-state index in [1.807, 2.05) is 0 Å². The van der Waals surface area contributed by atoms with Crippen molar-refractivity contribution in [2.75, 3.05) is 4.72 Å². The number of aromatic nitrogens is 4. The summed E-state index contributed by atoms with van der Waals surface area (Å²) in [6, 6.07) is 13.4. The molecule has 0 aliphatic rings. The van der Waals surface area contributed by atoms with E-state index in [0.717, 1.165) is 4.68 Å². The van der Waals surface area contributed by atoms with E-state index in [-0.39, 0.29) is 16.4 Å². The number of H-pyrrole nitrogens is 1. The minimum absolute atomic E-state index is 0.0283. The van der Waals surface area contributed by atoms with Gasteiger partial charge in [-0.05, 0) is 55.0 Å². The fourth-order valence-corrected chi connectivity index (χ4v) is 4.17. The molecular weight excluding hydrogens is 454 g/mol. The molecule has 0 saturated carbocycles. The molecule has 2 aromatic carbocycles. The zero-order valence-electron chi connectivity index (χ0n) is 16.6. The van der Waals surface area contributed by atoms with Crippen molar-refractivity contribution >= 4 is 33.5 Å². The van der Waals surface area contributed by atoms with E-state index in [9.17, 15) is 18.0 Å². The number of anilines is 1. The molecule has 0 spiro atoms. The molecule has 2 N–H and O–H groups in total. The molecule has 0 bridgehead atoms. The first kappa shape index (κ1) is 21.5. The SMILES string of the molecule is Cc1[nH]n(C(=O)c2ccc(Cl)cc2)c(=O)c1-c1ccc(S(=O)(=O)Nc2ncccn2)cc1. The Hall–Kier alpha value is -3.76. The predicted octanol–water partition coefficient (Wildman–Crippen LogP) is 3.08. The number of carbonyl (C=O) groups excluding carboxylic acids is 1. The molecule has 9 nitrogen and oxygen atoms in total. The summed E-state index contributed by atoms with van der Waals surface area (Å²) in [5, 5.41) is 3.25. The Balaban J connectivity index is 1.64. The molecule has 4 rings (SSSR count). The van der Waals surface area contributed by atoms with Crippen molar-refractivity contribution < 1.29 is 13.2 Å². The lowest BCUT2D eigenvalue weighted by atomic mass is 10.1. The average Bonchev–Trinajstić information content (AvgIpc) is 3.08. The highest BCUT2D eigenvalue weighted by Crippen LogP contribution is 2.22. The lowest BCUT2D eigenvalue weighted by Crippen LogP contribution is -2.25. The Bertz CT molecular complexity index is 1450. The largest absolute Gasteiger partial charge is 0.292 e. The second kappa shape index (κ2) is 8.40. The van der Waals surface area contributed by atoms with Gasteiger partial charge in [-0.15, -0.1) is 0 Å². The van der Waals surface area contributed by atoms with Crippen LogP contribution in [-0.4, -0.2) is 34.1 Å². The predicted molar refractivity (Wildman–Crippen MR) is 119 cm³/mol. The number of benzene rings is 2. The highest BCUT2D eigenvalue weighted by molar-refractivity contribution is 7.92. The van der Waals surface area contributed by atoms with Crippen LogP contribution in [0.25, 0.3) is 11.1 Å². The Morgan fingerprint density at radius 3 is 2.28 bits per heavy atom. The molecule has 0 unspecified atom stereocenters. The minimum atomic E-state index is -3.91. The van der Waals surface area contributed by atoms with Crippen molar-refractivity contribution in [2.45, 2.75) is 11.8 Å². The van der Waals surface area contributed by atoms with Crippen LogP contribution in [0.15, 0.2) is 76.7 Å².